The highest BCUT2D eigenvalue weighted by Crippen LogP contribution is 2.25. The largest absolute Gasteiger partial charge is 0.312 e. The lowest BCUT2D eigenvalue weighted by molar-refractivity contribution is 0.302. The molecule has 0 aliphatic rings. The molecule has 0 atom stereocenters. The van der Waals surface area contributed by atoms with Gasteiger partial charge in [-0.05, 0) is 63.3 Å². The van der Waals surface area contributed by atoms with E-state index in [9.17, 15) is 0 Å². The summed E-state index contributed by atoms with van der Waals surface area (Å²) >= 11 is 0. The molecule has 2 heteroatoms. The standard InChI is InChI=1S/C15H26N2/c1-14(2,3)17-11-8-15(4,5)12-13-6-9-16-10-7-13/h6-7,9-10,17H,8,11-12H2,1-5H3. The predicted octanol–water partition coefficient (Wildman–Crippen LogP) is 3.43. The lowest BCUT2D eigenvalue weighted by Crippen LogP contribution is -2.38. The minimum absolute atomic E-state index is 0.215. The van der Waals surface area contributed by atoms with Gasteiger partial charge in [-0.15, -0.1) is 0 Å². The van der Waals surface area contributed by atoms with Crippen LogP contribution in [0.15, 0.2) is 24.5 Å². The molecule has 1 heterocycles. The normalized spacial score (nSPS) is 12.8. The molecule has 17 heavy (non-hydrogen) atoms. The van der Waals surface area contributed by atoms with E-state index in [-0.39, 0.29) is 5.54 Å². The van der Waals surface area contributed by atoms with Gasteiger partial charge >= 0.3 is 0 Å². The molecule has 0 spiro atoms. The van der Waals surface area contributed by atoms with E-state index in [4.69, 9.17) is 0 Å². The van der Waals surface area contributed by atoms with Crippen molar-refractivity contribution in [1.29, 1.82) is 0 Å². The number of rotatable bonds is 5. The van der Waals surface area contributed by atoms with E-state index in [0.717, 1.165) is 13.0 Å². The van der Waals surface area contributed by atoms with E-state index in [1.165, 1.54) is 12.0 Å². The van der Waals surface area contributed by atoms with Crippen molar-refractivity contribution in [1.82, 2.24) is 10.3 Å². The van der Waals surface area contributed by atoms with Crippen LogP contribution in [0, 0.1) is 5.41 Å². The first kappa shape index (κ1) is 14.2. The van der Waals surface area contributed by atoms with Gasteiger partial charge in [0.25, 0.3) is 0 Å². The Balaban J connectivity index is 2.41. The van der Waals surface area contributed by atoms with Crippen LogP contribution in [0.5, 0.6) is 0 Å². The Hall–Kier alpha value is -0.890. The second-order valence-corrected chi connectivity index (χ2v) is 6.62. The lowest BCUT2D eigenvalue weighted by atomic mass is 9.83. The zero-order valence-electron chi connectivity index (χ0n) is 11.9. The average molecular weight is 234 g/mol. The van der Waals surface area contributed by atoms with Gasteiger partial charge in [-0.1, -0.05) is 13.8 Å². The van der Waals surface area contributed by atoms with Crippen molar-refractivity contribution in [2.75, 3.05) is 6.54 Å². The number of aromatic nitrogens is 1. The molecule has 0 aliphatic carbocycles. The van der Waals surface area contributed by atoms with E-state index in [1.54, 1.807) is 0 Å². The first-order valence-corrected chi connectivity index (χ1v) is 6.42. The number of nitrogens with zero attached hydrogens (tertiary/aromatic N) is 1. The zero-order valence-corrected chi connectivity index (χ0v) is 11.9. The Labute approximate surface area is 106 Å². The van der Waals surface area contributed by atoms with Gasteiger partial charge in [0.1, 0.15) is 0 Å². The highest BCUT2D eigenvalue weighted by Gasteiger charge is 2.19. The lowest BCUT2D eigenvalue weighted by Gasteiger charge is -2.28. The van der Waals surface area contributed by atoms with E-state index < -0.39 is 0 Å². The molecule has 0 fully saturated rings. The maximum atomic E-state index is 4.06. The summed E-state index contributed by atoms with van der Waals surface area (Å²) in [6, 6.07) is 4.22. The molecule has 1 aromatic rings. The van der Waals surface area contributed by atoms with Gasteiger partial charge in [-0.25, -0.2) is 0 Å². The summed E-state index contributed by atoms with van der Waals surface area (Å²) in [5.74, 6) is 0. The first-order valence-electron chi connectivity index (χ1n) is 6.42. The van der Waals surface area contributed by atoms with Crippen LogP contribution in [0.3, 0.4) is 0 Å². The quantitative estimate of drug-likeness (QED) is 0.844. The van der Waals surface area contributed by atoms with Gasteiger partial charge in [0.05, 0.1) is 0 Å². The van der Waals surface area contributed by atoms with Crippen LogP contribution in [-0.2, 0) is 6.42 Å². The third-order valence-corrected chi connectivity index (χ3v) is 2.89. The van der Waals surface area contributed by atoms with Gasteiger partial charge in [0, 0.05) is 17.9 Å². The molecular weight excluding hydrogens is 208 g/mol. The van der Waals surface area contributed by atoms with Crippen LogP contribution in [-0.4, -0.2) is 17.1 Å². The first-order chi connectivity index (χ1) is 7.79. The van der Waals surface area contributed by atoms with Gasteiger partial charge in [0.2, 0.25) is 0 Å². The average Bonchev–Trinajstić information content (AvgIpc) is 2.15. The molecule has 0 aromatic carbocycles. The van der Waals surface area contributed by atoms with Crippen LogP contribution in [0.2, 0.25) is 0 Å². The Bertz CT molecular complexity index is 323. The summed E-state index contributed by atoms with van der Waals surface area (Å²) in [7, 11) is 0. The topological polar surface area (TPSA) is 24.9 Å². The van der Waals surface area contributed by atoms with E-state index in [0.29, 0.717) is 5.41 Å². The second kappa shape index (κ2) is 5.63. The molecule has 0 saturated heterocycles. The number of nitrogens with one attached hydrogen (secondary N) is 1. The predicted molar refractivity (Wildman–Crippen MR) is 74.1 cm³/mol. The Morgan fingerprint density at radius 1 is 1.06 bits per heavy atom. The van der Waals surface area contributed by atoms with Crippen molar-refractivity contribution in [2.24, 2.45) is 5.41 Å². The molecule has 0 aliphatic heterocycles. The molecule has 1 aromatic heterocycles. The van der Waals surface area contributed by atoms with Crippen molar-refractivity contribution < 1.29 is 0 Å². The fourth-order valence-corrected chi connectivity index (χ4v) is 1.92. The summed E-state index contributed by atoms with van der Waals surface area (Å²) in [5, 5.41) is 3.55. The fourth-order valence-electron chi connectivity index (χ4n) is 1.92. The summed E-state index contributed by atoms with van der Waals surface area (Å²) in [6.07, 6.45) is 6.05. The number of hydrogen-bond donors (Lipinski definition) is 1. The molecule has 2 nitrogen and oxygen atoms in total. The van der Waals surface area contributed by atoms with Crippen LogP contribution < -0.4 is 5.32 Å². The van der Waals surface area contributed by atoms with Crippen LogP contribution in [0.25, 0.3) is 0 Å². The third kappa shape index (κ3) is 6.42. The minimum Gasteiger partial charge on any atom is -0.312 e. The van der Waals surface area contributed by atoms with Crippen molar-refractivity contribution >= 4 is 0 Å². The molecule has 1 rings (SSSR count). The van der Waals surface area contributed by atoms with Crippen molar-refractivity contribution in [3.63, 3.8) is 0 Å². The summed E-state index contributed by atoms with van der Waals surface area (Å²) in [6.45, 7) is 12.4. The van der Waals surface area contributed by atoms with E-state index in [1.807, 2.05) is 12.4 Å². The van der Waals surface area contributed by atoms with Crippen LogP contribution >= 0.6 is 0 Å². The van der Waals surface area contributed by atoms with Gasteiger partial charge in [0.15, 0.2) is 0 Å². The van der Waals surface area contributed by atoms with Crippen molar-refractivity contribution in [3.8, 4) is 0 Å². The Morgan fingerprint density at radius 3 is 2.18 bits per heavy atom. The van der Waals surface area contributed by atoms with Crippen molar-refractivity contribution in [3.05, 3.63) is 30.1 Å². The highest BCUT2D eigenvalue weighted by molar-refractivity contribution is 5.11. The number of pyridine rings is 1. The van der Waals surface area contributed by atoms with Crippen molar-refractivity contribution in [2.45, 2.75) is 53.0 Å². The monoisotopic (exact) mass is 234 g/mol. The van der Waals surface area contributed by atoms with E-state index in [2.05, 4.69) is 57.1 Å². The minimum atomic E-state index is 0.215. The maximum absolute atomic E-state index is 4.06. The third-order valence-electron chi connectivity index (χ3n) is 2.89. The van der Waals surface area contributed by atoms with Crippen LogP contribution in [0.1, 0.15) is 46.6 Å². The zero-order chi connectivity index (χ0) is 12.9. The SMILES string of the molecule is CC(C)(CCNC(C)(C)C)Cc1ccncc1. The van der Waals surface area contributed by atoms with Gasteiger partial charge < -0.3 is 5.32 Å². The van der Waals surface area contributed by atoms with Crippen LogP contribution in [0.4, 0.5) is 0 Å². The smallest absolute Gasteiger partial charge is 0.0270 e. The summed E-state index contributed by atoms with van der Waals surface area (Å²) in [5.41, 5.74) is 1.92. The molecule has 96 valence electrons. The second-order valence-electron chi connectivity index (χ2n) is 6.62. The molecule has 0 unspecified atom stereocenters. The molecule has 1 N–H and O–H groups in total. The molecule has 0 amide bonds. The molecular formula is C15H26N2. The summed E-state index contributed by atoms with van der Waals surface area (Å²) < 4.78 is 0. The van der Waals surface area contributed by atoms with Gasteiger partial charge in [-0.2, -0.15) is 0 Å². The summed E-state index contributed by atoms with van der Waals surface area (Å²) in [4.78, 5) is 4.06. The highest BCUT2D eigenvalue weighted by atomic mass is 14.9. The maximum Gasteiger partial charge on any atom is 0.0270 e. The Kier molecular flexibility index (Phi) is 4.70. The van der Waals surface area contributed by atoms with E-state index >= 15 is 0 Å². The Morgan fingerprint density at radius 2 is 1.65 bits per heavy atom. The number of hydrogen-bond acceptors (Lipinski definition) is 2. The molecule has 0 bridgehead atoms. The van der Waals surface area contributed by atoms with Gasteiger partial charge in [-0.3, -0.25) is 4.98 Å². The molecule has 0 saturated carbocycles. The fraction of sp³-hybridized carbons (Fsp3) is 0.667. The molecule has 0 radical (unpaired) electrons.